The molecule has 0 bridgehead atoms. The van der Waals surface area contributed by atoms with Gasteiger partial charge in [-0.25, -0.2) is 4.98 Å². The highest BCUT2D eigenvalue weighted by molar-refractivity contribution is 6.31. The summed E-state index contributed by atoms with van der Waals surface area (Å²) in [4.78, 5) is 17.5. The Bertz CT molecular complexity index is 521. The van der Waals surface area contributed by atoms with Gasteiger partial charge in [0.15, 0.2) is 5.15 Å². The molecule has 0 radical (unpaired) electrons. The van der Waals surface area contributed by atoms with Crippen LogP contribution in [0.5, 0.6) is 0 Å². The Kier molecular flexibility index (Phi) is 1.98. The zero-order valence-electron chi connectivity index (χ0n) is 6.34. The average Bonchev–Trinajstić information content (AvgIpc) is 2.08. The van der Waals surface area contributed by atoms with Crippen LogP contribution in [-0.4, -0.2) is 9.97 Å². The monoisotopic (exact) mass is 214 g/mol. The zero-order valence-corrected chi connectivity index (χ0v) is 7.86. The van der Waals surface area contributed by atoms with Crippen LogP contribution >= 0.6 is 23.2 Å². The second kappa shape index (κ2) is 3.01. The van der Waals surface area contributed by atoms with Crippen molar-refractivity contribution in [1.82, 2.24) is 9.97 Å². The fraction of sp³-hybridized carbons (Fsp3) is 0. The summed E-state index contributed by atoms with van der Waals surface area (Å²) in [6.07, 6.45) is 0. The first-order valence-electron chi connectivity index (χ1n) is 3.52. The van der Waals surface area contributed by atoms with Gasteiger partial charge in [0.05, 0.1) is 11.0 Å². The summed E-state index contributed by atoms with van der Waals surface area (Å²) in [6.45, 7) is 0. The fourth-order valence-corrected chi connectivity index (χ4v) is 1.35. The van der Waals surface area contributed by atoms with Crippen LogP contribution in [0.25, 0.3) is 11.0 Å². The highest BCUT2D eigenvalue weighted by Crippen LogP contribution is 2.15. The molecule has 0 aliphatic rings. The van der Waals surface area contributed by atoms with Gasteiger partial charge in [-0.15, -0.1) is 0 Å². The van der Waals surface area contributed by atoms with Gasteiger partial charge >= 0.3 is 0 Å². The van der Waals surface area contributed by atoms with Crippen LogP contribution in [-0.2, 0) is 0 Å². The lowest BCUT2D eigenvalue weighted by Crippen LogP contribution is -2.07. The van der Waals surface area contributed by atoms with Crippen molar-refractivity contribution < 1.29 is 0 Å². The van der Waals surface area contributed by atoms with Crippen LogP contribution in [0.3, 0.4) is 0 Å². The molecule has 66 valence electrons. The molecular formula is C8H4Cl2N2O. The lowest BCUT2D eigenvalue weighted by molar-refractivity contribution is 1.22. The molecule has 1 aromatic carbocycles. The first-order valence-corrected chi connectivity index (χ1v) is 4.27. The molecule has 1 aromatic heterocycles. The molecule has 2 aromatic rings. The maximum absolute atomic E-state index is 11.1. The molecule has 0 aliphatic carbocycles. The van der Waals surface area contributed by atoms with Crippen molar-refractivity contribution in [1.29, 1.82) is 0 Å². The van der Waals surface area contributed by atoms with E-state index in [0.717, 1.165) is 0 Å². The number of benzene rings is 1. The molecule has 0 aliphatic heterocycles. The van der Waals surface area contributed by atoms with Gasteiger partial charge in [0.1, 0.15) is 0 Å². The summed E-state index contributed by atoms with van der Waals surface area (Å²) >= 11 is 11.3. The van der Waals surface area contributed by atoms with Crippen molar-refractivity contribution in [3.63, 3.8) is 0 Å². The first-order chi connectivity index (χ1) is 6.16. The van der Waals surface area contributed by atoms with Crippen LogP contribution in [0.4, 0.5) is 0 Å². The number of aromatic amines is 1. The molecule has 0 atom stereocenters. The molecular weight excluding hydrogens is 211 g/mol. The third kappa shape index (κ3) is 1.53. The molecule has 3 nitrogen and oxygen atoms in total. The third-order valence-corrected chi connectivity index (χ3v) is 2.10. The highest BCUT2D eigenvalue weighted by Gasteiger charge is 2.01. The smallest absolute Gasteiger partial charge is 0.286 e. The predicted molar refractivity (Wildman–Crippen MR) is 52.4 cm³/mol. The van der Waals surface area contributed by atoms with E-state index in [1.807, 2.05) is 0 Å². The normalized spacial score (nSPS) is 10.6. The number of nitrogens with one attached hydrogen (secondary N) is 1. The summed E-state index contributed by atoms with van der Waals surface area (Å²) in [7, 11) is 0. The van der Waals surface area contributed by atoms with Crippen molar-refractivity contribution in [2.45, 2.75) is 0 Å². The van der Waals surface area contributed by atoms with Crippen molar-refractivity contribution in [2.24, 2.45) is 0 Å². The van der Waals surface area contributed by atoms with E-state index in [0.29, 0.717) is 16.1 Å². The van der Waals surface area contributed by atoms with Crippen molar-refractivity contribution in [3.05, 3.63) is 38.7 Å². The van der Waals surface area contributed by atoms with Gasteiger partial charge in [-0.05, 0) is 18.2 Å². The summed E-state index contributed by atoms with van der Waals surface area (Å²) < 4.78 is 0. The van der Waals surface area contributed by atoms with E-state index < -0.39 is 5.56 Å². The second-order valence-electron chi connectivity index (χ2n) is 2.52. The minimum absolute atomic E-state index is 0.0603. The lowest BCUT2D eigenvalue weighted by Gasteiger charge is -1.97. The quantitative estimate of drug-likeness (QED) is 0.732. The van der Waals surface area contributed by atoms with Crippen molar-refractivity contribution in [2.75, 3.05) is 0 Å². The maximum atomic E-state index is 11.1. The molecule has 13 heavy (non-hydrogen) atoms. The molecule has 1 heterocycles. The molecule has 0 saturated carbocycles. The number of rotatable bonds is 0. The molecule has 0 amide bonds. The fourth-order valence-electron chi connectivity index (χ4n) is 1.04. The average molecular weight is 215 g/mol. The molecule has 0 spiro atoms. The number of nitrogens with zero attached hydrogens (tertiary/aromatic N) is 1. The Labute approximate surface area is 83.3 Å². The van der Waals surface area contributed by atoms with E-state index in [9.17, 15) is 4.79 Å². The topological polar surface area (TPSA) is 45.8 Å². The van der Waals surface area contributed by atoms with Gasteiger partial charge in [0.25, 0.3) is 5.56 Å². The van der Waals surface area contributed by atoms with Crippen LogP contribution in [0, 0.1) is 0 Å². The predicted octanol–water partition coefficient (Wildman–Crippen LogP) is 2.23. The van der Waals surface area contributed by atoms with E-state index >= 15 is 0 Å². The molecule has 2 rings (SSSR count). The van der Waals surface area contributed by atoms with Gasteiger partial charge in [0.2, 0.25) is 0 Å². The molecule has 0 unspecified atom stereocenters. The Morgan fingerprint density at radius 2 is 2.08 bits per heavy atom. The molecule has 5 heteroatoms. The second-order valence-corrected chi connectivity index (χ2v) is 3.31. The van der Waals surface area contributed by atoms with Crippen molar-refractivity contribution in [3.8, 4) is 0 Å². The van der Waals surface area contributed by atoms with E-state index in [1.54, 1.807) is 18.2 Å². The highest BCUT2D eigenvalue weighted by atomic mass is 35.5. The van der Waals surface area contributed by atoms with E-state index in [4.69, 9.17) is 23.2 Å². The number of fused-ring (bicyclic) bond motifs is 1. The zero-order chi connectivity index (χ0) is 9.42. The number of aromatic nitrogens is 2. The van der Waals surface area contributed by atoms with Crippen LogP contribution in [0.2, 0.25) is 10.2 Å². The first kappa shape index (κ1) is 8.53. The summed E-state index contributed by atoms with van der Waals surface area (Å²) in [5, 5.41) is 0.488. The van der Waals surface area contributed by atoms with Gasteiger partial charge in [-0.1, -0.05) is 23.2 Å². The Morgan fingerprint density at radius 3 is 2.85 bits per heavy atom. The Hall–Kier alpha value is -1.06. The summed E-state index contributed by atoms with van der Waals surface area (Å²) in [5.41, 5.74) is 0.798. The van der Waals surface area contributed by atoms with E-state index in [-0.39, 0.29) is 5.15 Å². The molecule has 0 fully saturated rings. The van der Waals surface area contributed by atoms with Crippen LogP contribution in [0.15, 0.2) is 23.0 Å². The number of hydrogen-bond donors (Lipinski definition) is 1. The largest absolute Gasteiger partial charge is 0.318 e. The summed E-state index contributed by atoms with van der Waals surface area (Å²) in [5.74, 6) is 0. The lowest BCUT2D eigenvalue weighted by atomic mass is 10.3. The number of hydrogen-bond acceptors (Lipinski definition) is 2. The molecule has 1 N–H and O–H groups in total. The number of halogens is 2. The van der Waals surface area contributed by atoms with Gasteiger partial charge in [-0.3, -0.25) is 4.79 Å². The minimum atomic E-state index is -0.406. The van der Waals surface area contributed by atoms with Gasteiger partial charge in [-0.2, -0.15) is 0 Å². The van der Waals surface area contributed by atoms with E-state index in [1.165, 1.54) is 0 Å². The van der Waals surface area contributed by atoms with Crippen LogP contribution in [0.1, 0.15) is 0 Å². The molecule has 0 saturated heterocycles. The van der Waals surface area contributed by atoms with Gasteiger partial charge < -0.3 is 4.98 Å². The Morgan fingerprint density at radius 1 is 1.31 bits per heavy atom. The summed E-state index contributed by atoms with van der Waals surface area (Å²) in [6, 6.07) is 5.01. The van der Waals surface area contributed by atoms with Crippen LogP contribution < -0.4 is 5.56 Å². The SMILES string of the molecule is O=c1[nH]c2cc(Cl)ccc2nc1Cl. The van der Waals surface area contributed by atoms with Gasteiger partial charge in [0, 0.05) is 5.02 Å². The number of H-pyrrole nitrogens is 1. The van der Waals surface area contributed by atoms with Crippen molar-refractivity contribution >= 4 is 34.2 Å². The third-order valence-electron chi connectivity index (χ3n) is 1.61. The Balaban J connectivity index is 2.89. The minimum Gasteiger partial charge on any atom is -0.318 e. The van der Waals surface area contributed by atoms with E-state index in [2.05, 4.69) is 9.97 Å². The standard InChI is InChI=1S/C8H4Cl2N2O/c9-4-1-2-5-6(3-4)12-8(13)7(10)11-5/h1-3H,(H,12,13). The maximum Gasteiger partial charge on any atom is 0.286 e.